The number of carbonyl (C=O) groups is 2. The van der Waals surface area contributed by atoms with Crippen LogP contribution in [0.25, 0.3) is 10.2 Å². The summed E-state index contributed by atoms with van der Waals surface area (Å²) in [5.74, 6) is -1.19. The van der Waals surface area contributed by atoms with Gasteiger partial charge in [-0.25, -0.2) is 8.42 Å². The molecule has 2 aromatic rings. The minimum Gasteiger partial charge on any atom is -0.465 e. The van der Waals surface area contributed by atoms with Crippen LogP contribution >= 0.6 is 11.3 Å². The van der Waals surface area contributed by atoms with Gasteiger partial charge >= 0.3 is 5.97 Å². The van der Waals surface area contributed by atoms with Crippen LogP contribution in [-0.4, -0.2) is 59.5 Å². The molecule has 0 N–H and O–H groups in total. The maximum absolute atomic E-state index is 12.9. The van der Waals surface area contributed by atoms with Gasteiger partial charge in [0.15, 0.2) is 4.80 Å². The molecule has 1 amide bonds. The van der Waals surface area contributed by atoms with E-state index in [0.717, 1.165) is 21.9 Å². The van der Waals surface area contributed by atoms with Crippen LogP contribution in [0.4, 0.5) is 5.69 Å². The number of aromatic nitrogens is 1. The van der Waals surface area contributed by atoms with E-state index in [9.17, 15) is 28.1 Å². The fourth-order valence-electron chi connectivity index (χ4n) is 3.47. The predicted molar refractivity (Wildman–Crippen MR) is 113 cm³/mol. The lowest BCUT2D eigenvalue weighted by molar-refractivity contribution is -0.384. The number of non-ortho nitro benzene ring substituents is 1. The fraction of sp³-hybridized carbons (Fsp3) is 0.500. The van der Waals surface area contributed by atoms with E-state index in [0.29, 0.717) is 29.5 Å². The summed E-state index contributed by atoms with van der Waals surface area (Å²) in [7, 11) is -3.59. The lowest BCUT2D eigenvalue weighted by atomic mass is 10.0. The molecule has 1 aliphatic rings. The second-order valence-corrected chi connectivity index (χ2v) is 9.96. The summed E-state index contributed by atoms with van der Waals surface area (Å²) in [5, 5.41) is 11.1. The predicted octanol–water partition coefficient (Wildman–Crippen LogP) is 1.42. The summed E-state index contributed by atoms with van der Waals surface area (Å²) in [6.07, 6.45) is 2.76. The van der Waals surface area contributed by atoms with Gasteiger partial charge in [0.1, 0.15) is 12.6 Å². The zero-order chi connectivity index (χ0) is 22.8. The summed E-state index contributed by atoms with van der Waals surface area (Å²) < 4.78 is 32.2. The number of nitro groups is 1. The summed E-state index contributed by atoms with van der Waals surface area (Å²) in [6, 6.07) is 3.21. The van der Waals surface area contributed by atoms with Crippen molar-refractivity contribution in [2.45, 2.75) is 38.8 Å². The molecule has 11 nitrogen and oxygen atoms in total. The van der Waals surface area contributed by atoms with Crippen molar-refractivity contribution in [3.8, 4) is 0 Å². The summed E-state index contributed by atoms with van der Waals surface area (Å²) in [6.45, 7) is 1.84. The zero-order valence-corrected chi connectivity index (χ0v) is 18.6. The minimum absolute atomic E-state index is 0.134. The SMILES string of the molecule is CCOC(=O)Cn1c(=NC(=O)C2CCCCN2S(C)(=O)=O)sc2cc([N+](=O)[O-])ccc21. The lowest BCUT2D eigenvalue weighted by Crippen LogP contribution is -2.47. The average molecular weight is 471 g/mol. The average Bonchev–Trinajstić information content (AvgIpc) is 3.03. The Balaban J connectivity index is 2.09. The number of hydrogen-bond donors (Lipinski definition) is 0. The zero-order valence-electron chi connectivity index (χ0n) is 17.0. The van der Waals surface area contributed by atoms with Crippen molar-refractivity contribution in [3.05, 3.63) is 33.1 Å². The standard InChI is InChI=1S/C18H22N4O7S2/c1-3-29-16(23)11-20-13-8-7-12(22(25)26)10-15(13)30-18(20)19-17(24)14-6-4-5-9-21(14)31(2,27)28/h7-8,10,14H,3-6,9,11H2,1-2H3. The van der Waals surface area contributed by atoms with Gasteiger partial charge in [0.25, 0.3) is 11.6 Å². The molecular weight excluding hydrogens is 448 g/mol. The minimum atomic E-state index is -3.59. The third-order valence-corrected chi connectivity index (χ3v) is 7.17. The number of benzene rings is 1. The van der Waals surface area contributed by atoms with Gasteiger partial charge in [0, 0.05) is 18.7 Å². The molecule has 0 radical (unpaired) electrons. The normalized spacial score (nSPS) is 18.3. The van der Waals surface area contributed by atoms with E-state index in [1.165, 1.54) is 22.8 Å². The topological polar surface area (TPSA) is 141 Å². The number of nitrogens with zero attached hydrogens (tertiary/aromatic N) is 4. The molecule has 1 unspecified atom stereocenters. The number of piperidine rings is 1. The summed E-state index contributed by atoms with van der Waals surface area (Å²) in [4.78, 5) is 39.9. The monoisotopic (exact) mass is 470 g/mol. The number of hydrogen-bond acceptors (Lipinski definition) is 8. The van der Waals surface area contributed by atoms with Crippen LogP contribution < -0.4 is 4.80 Å². The lowest BCUT2D eigenvalue weighted by Gasteiger charge is -2.31. The van der Waals surface area contributed by atoms with Gasteiger partial charge < -0.3 is 9.30 Å². The van der Waals surface area contributed by atoms with Gasteiger partial charge in [-0.2, -0.15) is 9.30 Å². The van der Waals surface area contributed by atoms with E-state index in [4.69, 9.17) is 4.74 Å². The van der Waals surface area contributed by atoms with Crippen LogP contribution in [0.2, 0.25) is 0 Å². The Morgan fingerprint density at radius 2 is 2.10 bits per heavy atom. The van der Waals surface area contributed by atoms with Gasteiger partial charge in [-0.05, 0) is 25.8 Å². The molecule has 0 spiro atoms. The molecule has 0 saturated carbocycles. The highest BCUT2D eigenvalue weighted by molar-refractivity contribution is 7.88. The number of fused-ring (bicyclic) bond motifs is 1. The quantitative estimate of drug-likeness (QED) is 0.353. The largest absolute Gasteiger partial charge is 0.465 e. The highest BCUT2D eigenvalue weighted by Gasteiger charge is 2.34. The van der Waals surface area contributed by atoms with Gasteiger partial charge in [-0.15, -0.1) is 0 Å². The van der Waals surface area contributed by atoms with Crippen LogP contribution in [0, 0.1) is 10.1 Å². The van der Waals surface area contributed by atoms with Crippen LogP contribution in [0.3, 0.4) is 0 Å². The van der Waals surface area contributed by atoms with E-state index in [2.05, 4.69) is 4.99 Å². The molecule has 2 heterocycles. The van der Waals surface area contributed by atoms with E-state index in [1.807, 2.05) is 0 Å². The van der Waals surface area contributed by atoms with E-state index in [-0.39, 0.29) is 30.2 Å². The Kier molecular flexibility index (Phi) is 6.86. The first-order valence-electron chi connectivity index (χ1n) is 9.60. The van der Waals surface area contributed by atoms with Crippen molar-refractivity contribution < 1.29 is 27.7 Å². The van der Waals surface area contributed by atoms with Crippen molar-refractivity contribution in [3.63, 3.8) is 0 Å². The van der Waals surface area contributed by atoms with Gasteiger partial charge in [-0.3, -0.25) is 19.7 Å². The first kappa shape index (κ1) is 23.0. The van der Waals surface area contributed by atoms with Crippen LogP contribution in [-0.2, 0) is 30.9 Å². The molecule has 3 rings (SSSR count). The first-order chi connectivity index (χ1) is 14.6. The van der Waals surface area contributed by atoms with Crippen molar-refractivity contribution in [2.24, 2.45) is 4.99 Å². The molecule has 1 aromatic carbocycles. The molecule has 13 heteroatoms. The molecule has 1 aromatic heterocycles. The molecule has 31 heavy (non-hydrogen) atoms. The van der Waals surface area contributed by atoms with Gasteiger partial charge in [0.2, 0.25) is 10.0 Å². The van der Waals surface area contributed by atoms with Gasteiger partial charge in [0.05, 0.1) is 28.0 Å². The molecule has 0 aliphatic carbocycles. The third-order valence-electron chi connectivity index (χ3n) is 4.84. The number of rotatable bonds is 6. The molecular formula is C18H22N4O7S2. The van der Waals surface area contributed by atoms with Crippen molar-refractivity contribution in [1.29, 1.82) is 0 Å². The molecule has 1 saturated heterocycles. The molecule has 1 atom stereocenters. The maximum Gasteiger partial charge on any atom is 0.326 e. The van der Waals surface area contributed by atoms with E-state index >= 15 is 0 Å². The number of ether oxygens (including phenoxy) is 1. The Hall–Kier alpha value is -2.64. The number of amides is 1. The van der Waals surface area contributed by atoms with Crippen molar-refractivity contribution >= 4 is 49.1 Å². The molecule has 1 aliphatic heterocycles. The van der Waals surface area contributed by atoms with Crippen LogP contribution in [0.5, 0.6) is 0 Å². The second-order valence-electron chi connectivity index (χ2n) is 7.02. The number of nitro benzene ring substituents is 1. The Bertz CT molecular complexity index is 1200. The van der Waals surface area contributed by atoms with Crippen LogP contribution in [0.1, 0.15) is 26.2 Å². The van der Waals surface area contributed by atoms with Crippen LogP contribution in [0.15, 0.2) is 23.2 Å². The maximum atomic E-state index is 12.9. The van der Waals surface area contributed by atoms with Crippen molar-refractivity contribution in [2.75, 3.05) is 19.4 Å². The fourth-order valence-corrected chi connectivity index (χ4v) is 5.65. The number of carbonyl (C=O) groups excluding carboxylic acids is 2. The Morgan fingerprint density at radius 1 is 1.35 bits per heavy atom. The highest BCUT2D eigenvalue weighted by Crippen LogP contribution is 2.24. The molecule has 1 fully saturated rings. The number of sulfonamides is 1. The Morgan fingerprint density at radius 3 is 2.74 bits per heavy atom. The third kappa shape index (κ3) is 5.17. The molecule has 168 valence electrons. The second kappa shape index (κ2) is 9.24. The number of thiazole rings is 1. The molecule has 0 bridgehead atoms. The highest BCUT2D eigenvalue weighted by atomic mass is 32.2. The number of esters is 1. The first-order valence-corrected chi connectivity index (χ1v) is 12.3. The summed E-state index contributed by atoms with van der Waals surface area (Å²) >= 11 is 1.01. The summed E-state index contributed by atoms with van der Waals surface area (Å²) in [5.41, 5.74) is 0.351. The van der Waals surface area contributed by atoms with E-state index in [1.54, 1.807) is 6.92 Å². The van der Waals surface area contributed by atoms with Gasteiger partial charge in [-0.1, -0.05) is 17.8 Å². The Labute approximate surface area is 182 Å². The smallest absolute Gasteiger partial charge is 0.326 e. The van der Waals surface area contributed by atoms with E-state index < -0.39 is 32.9 Å². The van der Waals surface area contributed by atoms with Crippen molar-refractivity contribution in [1.82, 2.24) is 8.87 Å².